The highest BCUT2D eigenvalue weighted by Crippen LogP contribution is 2.40. The molecule has 0 N–H and O–H groups in total. The molecule has 3 rings (SSSR count). The van der Waals surface area contributed by atoms with Crippen LogP contribution in [0.2, 0.25) is 0 Å². The minimum atomic E-state index is -0.336. The van der Waals surface area contributed by atoms with Gasteiger partial charge in [0, 0.05) is 25.5 Å². The maximum Gasteiger partial charge on any atom is 0.290 e. The third kappa shape index (κ3) is 3.43. The fraction of sp³-hybridized carbons (Fsp3) is 0.476. The van der Waals surface area contributed by atoms with Crippen molar-refractivity contribution in [3.8, 4) is 0 Å². The zero-order chi connectivity index (χ0) is 18.8. The number of amides is 1. The molecule has 0 spiro atoms. The summed E-state index contributed by atoms with van der Waals surface area (Å²) in [6.45, 7) is 9.56. The van der Waals surface area contributed by atoms with Gasteiger partial charge in [-0.1, -0.05) is 32.0 Å². The van der Waals surface area contributed by atoms with Crippen LogP contribution in [0.25, 0.3) is 0 Å². The molecule has 1 aliphatic rings. The quantitative estimate of drug-likeness (QED) is 0.749. The molecular formula is C21H27N3O2. The summed E-state index contributed by atoms with van der Waals surface area (Å²) in [5.41, 5.74) is 3.47. The SMILES string of the molecule is Cc1ccc(C2C(C(C)C)C(=O)C(=O)N2CCCn2ccnc2)cc1C. The fourth-order valence-corrected chi connectivity index (χ4v) is 3.83. The van der Waals surface area contributed by atoms with E-state index in [0.29, 0.717) is 6.54 Å². The maximum absolute atomic E-state index is 12.7. The Kier molecular flexibility index (Phi) is 5.25. The van der Waals surface area contributed by atoms with Gasteiger partial charge in [0.2, 0.25) is 5.78 Å². The van der Waals surface area contributed by atoms with Crippen molar-refractivity contribution in [2.45, 2.75) is 46.7 Å². The molecule has 1 aromatic heterocycles. The van der Waals surface area contributed by atoms with E-state index in [0.717, 1.165) is 18.5 Å². The van der Waals surface area contributed by atoms with Crippen LogP contribution in [0.1, 0.15) is 43.0 Å². The van der Waals surface area contributed by atoms with Gasteiger partial charge in [0.25, 0.3) is 5.91 Å². The minimum absolute atomic E-state index is 0.122. The van der Waals surface area contributed by atoms with Crippen molar-refractivity contribution in [1.29, 1.82) is 0 Å². The maximum atomic E-state index is 12.7. The van der Waals surface area contributed by atoms with E-state index < -0.39 is 0 Å². The number of nitrogens with zero attached hydrogens (tertiary/aromatic N) is 3. The lowest BCUT2D eigenvalue weighted by Gasteiger charge is -2.29. The van der Waals surface area contributed by atoms with Gasteiger partial charge < -0.3 is 9.47 Å². The number of rotatable bonds is 6. The first-order chi connectivity index (χ1) is 12.4. The number of aryl methyl sites for hydroxylation is 3. The average molecular weight is 353 g/mol. The van der Waals surface area contributed by atoms with Gasteiger partial charge >= 0.3 is 0 Å². The van der Waals surface area contributed by atoms with E-state index in [9.17, 15) is 9.59 Å². The Bertz CT molecular complexity index is 796. The topological polar surface area (TPSA) is 55.2 Å². The normalized spacial score (nSPS) is 20.4. The number of benzene rings is 1. The Balaban J connectivity index is 1.87. The van der Waals surface area contributed by atoms with Gasteiger partial charge in [0.1, 0.15) is 0 Å². The van der Waals surface area contributed by atoms with Gasteiger partial charge in [-0.25, -0.2) is 4.98 Å². The van der Waals surface area contributed by atoms with Crippen LogP contribution in [0.3, 0.4) is 0 Å². The molecule has 5 nitrogen and oxygen atoms in total. The summed E-state index contributed by atoms with van der Waals surface area (Å²) in [6.07, 6.45) is 6.22. The predicted octanol–water partition coefficient (Wildman–Crippen LogP) is 3.31. The summed E-state index contributed by atoms with van der Waals surface area (Å²) in [5, 5.41) is 0. The standard InChI is InChI=1S/C21H27N3O2/c1-14(2)18-19(17-7-6-15(3)16(4)12-17)24(21(26)20(18)25)10-5-9-23-11-8-22-13-23/h6-8,11-14,18-19H,5,9-10H2,1-4H3. The first kappa shape index (κ1) is 18.4. The molecule has 1 aliphatic heterocycles. The van der Waals surface area contributed by atoms with Crippen LogP contribution in [0.4, 0.5) is 0 Å². The zero-order valence-electron chi connectivity index (χ0n) is 16.0. The molecule has 138 valence electrons. The van der Waals surface area contributed by atoms with Gasteiger partial charge in [-0.15, -0.1) is 0 Å². The second-order valence-electron chi connectivity index (χ2n) is 7.58. The molecule has 26 heavy (non-hydrogen) atoms. The van der Waals surface area contributed by atoms with E-state index in [4.69, 9.17) is 0 Å². The smallest absolute Gasteiger partial charge is 0.290 e. The zero-order valence-corrected chi connectivity index (χ0v) is 16.0. The molecule has 2 atom stereocenters. The van der Waals surface area contributed by atoms with Crippen molar-refractivity contribution < 1.29 is 9.59 Å². The van der Waals surface area contributed by atoms with E-state index >= 15 is 0 Å². The lowest BCUT2D eigenvalue weighted by atomic mass is 9.83. The second kappa shape index (κ2) is 7.44. The van der Waals surface area contributed by atoms with Crippen LogP contribution in [-0.4, -0.2) is 32.7 Å². The number of hydrogen-bond donors (Lipinski definition) is 0. The summed E-state index contributed by atoms with van der Waals surface area (Å²) < 4.78 is 1.99. The number of likely N-dealkylation sites (tertiary alicyclic amines) is 1. The number of Topliss-reactive ketones (excluding diaryl/α,β-unsaturated/α-hetero) is 1. The molecule has 0 saturated carbocycles. The number of aromatic nitrogens is 2. The van der Waals surface area contributed by atoms with Crippen molar-refractivity contribution in [2.75, 3.05) is 6.54 Å². The molecule has 2 unspecified atom stereocenters. The predicted molar refractivity (Wildman–Crippen MR) is 101 cm³/mol. The number of carbonyl (C=O) groups excluding carboxylic acids is 2. The Labute approximate surface area is 155 Å². The first-order valence-corrected chi connectivity index (χ1v) is 9.28. The van der Waals surface area contributed by atoms with Gasteiger partial charge in [-0.3, -0.25) is 9.59 Å². The number of imidazole rings is 1. The largest absolute Gasteiger partial charge is 0.337 e. The second-order valence-corrected chi connectivity index (χ2v) is 7.58. The van der Waals surface area contributed by atoms with Crippen LogP contribution < -0.4 is 0 Å². The summed E-state index contributed by atoms with van der Waals surface area (Å²) in [4.78, 5) is 31.2. The number of hydrogen-bond acceptors (Lipinski definition) is 3. The highest BCUT2D eigenvalue weighted by molar-refractivity contribution is 6.39. The number of ketones is 1. The van der Waals surface area contributed by atoms with E-state index in [1.54, 1.807) is 17.4 Å². The molecule has 0 aliphatic carbocycles. The van der Waals surface area contributed by atoms with Crippen molar-refractivity contribution >= 4 is 11.7 Å². The van der Waals surface area contributed by atoms with Crippen LogP contribution in [0, 0.1) is 25.7 Å². The van der Waals surface area contributed by atoms with E-state index in [1.807, 2.05) is 24.6 Å². The van der Waals surface area contributed by atoms with Crippen molar-refractivity contribution in [2.24, 2.45) is 11.8 Å². The molecule has 1 amide bonds. The van der Waals surface area contributed by atoms with Crippen molar-refractivity contribution in [3.05, 3.63) is 53.6 Å². The lowest BCUT2D eigenvalue weighted by molar-refractivity contribution is -0.141. The monoisotopic (exact) mass is 353 g/mol. The van der Waals surface area contributed by atoms with Crippen molar-refractivity contribution in [1.82, 2.24) is 14.5 Å². The Morgan fingerprint density at radius 2 is 1.88 bits per heavy atom. The third-order valence-corrected chi connectivity index (χ3v) is 5.42. The van der Waals surface area contributed by atoms with Crippen LogP contribution in [0.15, 0.2) is 36.9 Å². The molecule has 1 aromatic carbocycles. The van der Waals surface area contributed by atoms with E-state index in [-0.39, 0.29) is 29.6 Å². The van der Waals surface area contributed by atoms with Crippen LogP contribution in [-0.2, 0) is 16.1 Å². The summed E-state index contributed by atoms with van der Waals surface area (Å²) >= 11 is 0. The first-order valence-electron chi connectivity index (χ1n) is 9.28. The van der Waals surface area contributed by atoms with E-state index in [1.165, 1.54) is 11.1 Å². The average Bonchev–Trinajstić information content (AvgIpc) is 3.19. The Morgan fingerprint density at radius 1 is 1.12 bits per heavy atom. The van der Waals surface area contributed by atoms with E-state index in [2.05, 4.69) is 37.0 Å². The molecule has 1 fully saturated rings. The molecule has 1 saturated heterocycles. The minimum Gasteiger partial charge on any atom is -0.337 e. The third-order valence-electron chi connectivity index (χ3n) is 5.42. The highest BCUT2D eigenvalue weighted by Gasteiger charge is 2.48. The fourth-order valence-electron chi connectivity index (χ4n) is 3.83. The summed E-state index contributed by atoms with van der Waals surface area (Å²) in [6, 6.07) is 6.11. The van der Waals surface area contributed by atoms with Crippen LogP contribution >= 0.6 is 0 Å². The van der Waals surface area contributed by atoms with Gasteiger partial charge in [-0.2, -0.15) is 0 Å². The van der Waals surface area contributed by atoms with Gasteiger partial charge in [0.05, 0.1) is 18.3 Å². The van der Waals surface area contributed by atoms with Gasteiger partial charge in [-0.05, 0) is 42.9 Å². The number of carbonyl (C=O) groups is 2. The lowest BCUT2D eigenvalue weighted by Crippen LogP contribution is -2.31. The molecular weight excluding hydrogens is 326 g/mol. The molecule has 2 heterocycles. The van der Waals surface area contributed by atoms with Crippen molar-refractivity contribution in [3.63, 3.8) is 0 Å². The summed E-state index contributed by atoms with van der Waals surface area (Å²) in [5.74, 6) is -0.738. The molecule has 0 bridgehead atoms. The Morgan fingerprint density at radius 3 is 2.50 bits per heavy atom. The molecule has 0 radical (unpaired) electrons. The van der Waals surface area contributed by atoms with Gasteiger partial charge in [0.15, 0.2) is 0 Å². The summed E-state index contributed by atoms with van der Waals surface area (Å²) in [7, 11) is 0. The highest BCUT2D eigenvalue weighted by atomic mass is 16.2. The van der Waals surface area contributed by atoms with Crippen LogP contribution in [0.5, 0.6) is 0 Å². The Hall–Kier alpha value is -2.43. The molecule has 2 aromatic rings. The molecule has 5 heteroatoms.